The van der Waals surface area contributed by atoms with Gasteiger partial charge in [-0.2, -0.15) is 0 Å². The first-order valence-electron chi connectivity index (χ1n) is 9.74. The lowest BCUT2D eigenvalue weighted by Gasteiger charge is -2.26. The summed E-state index contributed by atoms with van der Waals surface area (Å²) in [5.41, 5.74) is 2.10. The fourth-order valence-electron chi connectivity index (χ4n) is 3.46. The van der Waals surface area contributed by atoms with E-state index in [2.05, 4.69) is 16.0 Å². The van der Waals surface area contributed by atoms with Gasteiger partial charge in [-0.25, -0.2) is 4.79 Å². The average Bonchev–Trinajstić information content (AvgIpc) is 2.73. The minimum absolute atomic E-state index is 0.00194. The van der Waals surface area contributed by atoms with Gasteiger partial charge in [-0.05, 0) is 55.5 Å². The summed E-state index contributed by atoms with van der Waals surface area (Å²) in [4.78, 5) is 35.4. The summed E-state index contributed by atoms with van der Waals surface area (Å²) in [6.45, 7) is 0.325. The van der Waals surface area contributed by atoms with Crippen LogP contribution >= 0.6 is 0 Å². The van der Waals surface area contributed by atoms with Crippen molar-refractivity contribution in [1.82, 2.24) is 10.6 Å². The molecule has 7 nitrogen and oxygen atoms in total. The number of benzene rings is 2. The Hall–Kier alpha value is -3.35. The number of urea groups is 1. The summed E-state index contributed by atoms with van der Waals surface area (Å²) in [6.07, 6.45) is 2.52. The second-order valence-corrected chi connectivity index (χ2v) is 7.23. The number of carbonyl (C=O) groups is 3. The monoisotopic (exact) mass is 395 g/mol. The molecule has 152 valence electrons. The van der Waals surface area contributed by atoms with Crippen molar-refractivity contribution in [3.05, 3.63) is 65.7 Å². The Kier molecular flexibility index (Phi) is 6.84. The van der Waals surface area contributed by atoms with Crippen molar-refractivity contribution in [3.63, 3.8) is 0 Å². The lowest BCUT2D eigenvalue weighted by Crippen LogP contribution is -2.43. The smallest absolute Gasteiger partial charge is 0.315 e. The quantitative estimate of drug-likeness (QED) is 0.601. The topological polar surface area (TPSA) is 108 Å². The van der Waals surface area contributed by atoms with E-state index in [4.69, 9.17) is 5.11 Å². The normalized spacial score (nSPS) is 18.5. The highest BCUT2D eigenvalue weighted by atomic mass is 16.4. The second-order valence-electron chi connectivity index (χ2n) is 7.23. The van der Waals surface area contributed by atoms with Gasteiger partial charge in [0.1, 0.15) is 0 Å². The molecule has 4 N–H and O–H groups in total. The molecule has 1 saturated carbocycles. The first-order chi connectivity index (χ1) is 14.0. The Morgan fingerprint density at radius 1 is 0.931 bits per heavy atom. The van der Waals surface area contributed by atoms with Gasteiger partial charge in [0.05, 0.1) is 5.92 Å². The molecule has 1 fully saturated rings. The minimum atomic E-state index is -0.757. The van der Waals surface area contributed by atoms with Crippen LogP contribution in [-0.4, -0.2) is 29.1 Å². The van der Waals surface area contributed by atoms with Gasteiger partial charge in [0.2, 0.25) is 0 Å². The Morgan fingerprint density at radius 2 is 1.66 bits per heavy atom. The van der Waals surface area contributed by atoms with E-state index < -0.39 is 5.97 Å². The number of amides is 3. The zero-order chi connectivity index (χ0) is 20.6. The summed E-state index contributed by atoms with van der Waals surface area (Å²) in [5, 5.41) is 17.6. The van der Waals surface area contributed by atoms with E-state index in [9.17, 15) is 14.4 Å². The summed E-state index contributed by atoms with van der Waals surface area (Å²) < 4.78 is 0. The largest absolute Gasteiger partial charge is 0.481 e. The molecule has 3 rings (SSSR count). The average molecular weight is 395 g/mol. The van der Waals surface area contributed by atoms with E-state index in [0.717, 1.165) is 5.56 Å². The third-order valence-electron chi connectivity index (χ3n) is 5.09. The molecule has 0 bridgehead atoms. The molecule has 0 atom stereocenters. The van der Waals surface area contributed by atoms with E-state index in [1.54, 1.807) is 18.2 Å². The molecule has 0 aromatic heterocycles. The zero-order valence-corrected chi connectivity index (χ0v) is 16.1. The van der Waals surface area contributed by atoms with Crippen LogP contribution in [0.15, 0.2) is 54.6 Å². The maximum absolute atomic E-state index is 12.3. The maximum Gasteiger partial charge on any atom is 0.315 e. The van der Waals surface area contributed by atoms with E-state index >= 15 is 0 Å². The van der Waals surface area contributed by atoms with Crippen LogP contribution in [0.4, 0.5) is 10.5 Å². The Labute approximate surface area is 169 Å². The van der Waals surface area contributed by atoms with E-state index in [-0.39, 0.29) is 23.9 Å². The van der Waals surface area contributed by atoms with Crippen molar-refractivity contribution in [2.45, 2.75) is 38.3 Å². The number of carboxylic acids is 1. The van der Waals surface area contributed by atoms with E-state index in [1.165, 1.54) is 0 Å². The summed E-state index contributed by atoms with van der Waals surface area (Å²) in [7, 11) is 0. The Balaban J connectivity index is 1.46. The van der Waals surface area contributed by atoms with Crippen molar-refractivity contribution in [3.8, 4) is 0 Å². The molecule has 7 heteroatoms. The lowest BCUT2D eigenvalue weighted by atomic mass is 9.86. The summed E-state index contributed by atoms with van der Waals surface area (Å²) in [5.74, 6) is -1.25. The third kappa shape index (κ3) is 6.07. The van der Waals surface area contributed by atoms with Crippen LogP contribution in [0, 0.1) is 5.92 Å². The highest BCUT2D eigenvalue weighted by molar-refractivity contribution is 6.04. The highest BCUT2D eigenvalue weighted by Gasteiger charge is 2.26. The van der Waals surface area contributed by atoms with Crippen molar-refractivity contribution in [2.75, 3.05) is 5.32 Å². The van der Waals surface area contributed by atoms with Crippen LogP contribution in [0.25, 0.3) is 0 Å². The first-order valence-corrected chi connectivity index (χ1v) is 9.74. The highest BCUT2D eigenvalue weighted by Crippen LogP contribution is 2.24. The fraction of sp³-hybridized carbons (Fsp3) is 0.318. The predicted molar refractivity (Wildman–Crippen MR) is 110 cm³/mol. The zero-order valence-electron chi connectivity index (χ0n) is 16.1. The molecule has 2 aromatic carbocycles. The summed E-state index contributed by atoms with van der Waals surface area (Å²) in [6, 6.07) is 16.0. The number of nitrogens with one attached hydrogen (secondary N) is 3. The molecule has 0 unspecified atom stereocenters. The van der Waals surface area contributed by atoms with Gasteiger partial charge in [0.25, 0.3) is 5.91 Å². The van der Waals surface area contributed by atoms with Crippen LogP contribution in [0.3, 0.4) is 0 Å². The molecular weight excluding hydrogens is 370 g/mol. The molecule has 0 saturated heterocycles. The van der Waals surface area contributed by atoms with Gasteiger partial charge in [-0.15, -0.1) is 0 Å². The van der Waals surface area contributed by atoms with Crippen LogP contribution in [0.2, 0.25) is 0 Å². The van der Waals surface area contributed by atoms with Crippen molar-refractivity contribution < 1.29 is 19.5 Å². The number of rotatable bonds is 6. The van der Waals surface area contributed by atoms with Crippen LogP contribution in [-0.2, 0) is 11.3 Å². The van der Waals surface area contributed by atoms with Crippen LogP contribution in [0.1, 0.15) is 41.6 Å². The molecule has 29 heavy (non-hydrogen) atoms. The number of carbonyl (C=O) groups excluding carboxylic acids is 2. The predicted octanol–water partition coefficient (Wildman–Crippen LogP) is 3.38. The van der Waals surface area contributed by atoms with Crippen molar-refractivity contribution in [2.24, 2.45) is 5.92 Å². The number of aliphatic carboxylic acids is 1. The molecule has 3 amide bonds. The van der Waals surface area contributed by atoms with E-state index in [0.29, 0.717) is 43.5 Å². The molecule has 0 radical (unpaired) electrons. The Morgan fingerprint density at radius 3 is 2.34 bits per heavy atom. The Bertz CT molecular complexity index is 861. The second kappa shape index (κ2) is 9.73. The first kappa shape index (κ1) is 20.4. The van der Waals surface area contributed by atoms with Crippen LogP contribution in [0.5, 0.6) is 0 Å². The van der Waals surface area contributed by atoms with E-state index in [1.807, 2.05) is 36.4 Å². The number of anilines is 1. The molecule has 2 aromatic rings. The molecule has 0 heterocycles. The maximum atomic E-state index is 12.3. The van der Waals surface area contributed by atoms with Crippen LogP contribution < -0.4 is 16.0 Å². The number of hydrogen-bond acceptors (Lipinski definition) is 3. The third-order valence-corrected chi connectivity index (χ3v) is 5.09. The number of carboxylic acid groups (broad SMARTS) is 1. The van der Waals surface area contributed by atoms with Crippen molar-refractivity contribution >= 4 is 23.6 Å². The van der Waals surface area contributed by atoms with Gasteiger partial charge in [-0.1, -0.05) is 30.3 Å². The standard InChI is InChI=1S/C22H25N3O4/c26-20(16-6-2-1-3-7-16)24-19-8-4-5-15(13-19)14-23-22(29)25-18-11-9-17(10-12-18)21(27)28/h1-8,13,17-18H,9-12,14H2,(H,24,26)(H,27,28)(H2,23,25,29). The summed E-state index contributed by atoms with van der Waals surface area (Å²) >= 11 is 0. The molecule has 1 aliphatic rings. The van der Waals surface area contributed by atoms with Gasteiger partial charge < -0.3 is 21.1 Å². The van der Waals surface area contributed by atoms with Crippen molar-refractivity contribution in [1.29, 1.82) is 0 Å². The van der Waals surface area contributed by atoms with Gasteiger partial charge >= 0.3 is 12.0 Å². The molecular formula is C22H25N3O4. The fourth-order valence-corrected chi connectivity index (χ4v) is 3.46. The SMILES string of the molecule is O=C(NCc1cccc(NC(=O)c2ccccc2)c1)NC1CCC(C(=O)O)CC1. The minimum Gasteiger partial charge on any atom is -0.481 e. The van der Waals surface area contributed by atoms with Gasteiger partial charge in [0.15, 0.2) is 0 Å². The molecule has 1 aliphatic carbocycles. The van der Waals surface area contributed by atoms with Gasteiger partial charge in [0, 0.05) is 23.8 Å². The molecule has 0 spiro atoms. The number of hydrogen-bond donors (Lipinski definition) is 4. The van der Waals surface area contributed by atoms with Gasteiger partial charge in [-0.3, -0.25) is 9.59 Å². The molecule has 0 aliphatic heterocycles. The lowest BCUT2D eigenvalue weighted by molar-refractivity contribution is -0.142.